The second-order valence-corrected chi connectivity index (χ2v) is 19.1. The molecule has 0 fully saturated rings. The van der Waals surface area contributed by atoms with Gasteiger partial charge < -0.3 is 0 Å². The topological polar surface area (TPSA) is 0 Å². The maximum absolute atomic E-state index is 4.04. The number of hydrogen-bond acceptors (Lipinski definition) is 0. The third kappa shape index (κ3) is 6.57. The molecular weight excluding hydrogens is 338 g/mol. The zero-order chi connectivity index (χ0) is 13.2. The molecule has 0 N–H and O–H groups in total. The predicted octanol–water partition coefficient (Wildman–Crippen LogP) is 6.48. The summed E-state index contributed by atoms with van der Waals surface area (Å²) in [7, 11) is 0. The molecule has 0 bridgehead atoms. The van der Waals surface area contributed by atoms with Crippen LogP contribution in [0.4, 0.5) is 0 Å². The second-order valence-electron chi connectivity index (χ2n) is 5.52. The molecule has 0 aliphatic heterocycles. The van der Waals surface area contributed by atoms with Crippen LogP contribution in [0, 0.1) is 0 Å². The van der Waals surface area contributed by atoms with Crippen molar-refractivity contribution in [1.82, 2.24) is 0 Å². The molecule has 0 heterocycles. The molecule has 0 saturated heterocycles. The quantitative estimate of drug-likeness (QED) is 0.222. The number of halogens is 1. The third-order valence-electron chi connectivity index (χ3n) is 3.80. The molecule has 0 aromatic carbocycles. The normalized spacial score (nSPS) is 14.2. The van der Waals surface area contributed by atoms with E-state index in [4.69, 9.17) is 0 Å². The van der Waals surface area contributed by atoms with Crippen molar-refractivity contribution in [3.63, 3.8) is 0 Å². The Morgan fingerprint density at radius 3 is 1.47 bits per heavy atom. The van der Waals surface area contributed by atoms with Gasteiger partial charge in [-0.2, -0.15) is 0 Å². The summed E-state index contributed by atoms with van der Waals surface area (Å²) in [5, 5.41) is 0. The van der Waals surface area contributed by atoms with Gasteiger partial charge in [-0.05, 0) is 0 Å². The number of allylic oxidation sites excluding steroid dienone is 1. The van der Waals surface area contributed by atoms with E-state index in [0.29, 0.717) is 0 Å². The van der Waals surface area contributed by atoms with Crippen LogP contribution in [0.25, 0.3) is 0 Å². The first-order chi connectivity index (χ1) is 8.04. The molecule has 0 aromatic heterocycles. The van der Waals surface area contributed by atoms with Crippen LogP contribution in [-0.2, 0) is 0 Å². The zero-order valence-corrected chi connectivity index (χ0v) is 15.2. The Labute approximate surface area is 122 Å². The Morgan fingerprint density at radius 2 is 1.24 bits per heavy atom. The van der Waals surface area contributed by atoms with Gasteiger partial charge in [-0.1, -0.05) is 0 Å². The molecule has 2 heteroatoms. The van der Waals surface area contributed by atoms with E-state index in [1.807, 2.05) is 0 Å². The van der Waals surface area contributed by atoms with Crippen molar-refractivity contribution in [3.8, 4) is 0 Å². The SMILES string of the molecule is C=CCP(I)(CCCC)(CCCC)CCCC. The van der Waals surface area contributed by atoms with E-state index in [2.05, 4.69) is 55.5 Å². The van der Waals surface area contributed by atoms with Crippen LogP contribution in [0.15, 0.2) is 12.7 Å². The first kappa shape index (κ1) is 17.9. The van der Waals surface area contributed by atoms with E-state index < -0.39 is 4.25 Å². The molecule has 0 spiro atoms. The molecule has 0 radical (unpaired) electrons. The molecule has 0 unspecified atom stereocenters. The molecule has 0 aliphatic rings. The molecule has 0 amide bonds. The first-order valence-corrected chi connectivity index (χ1v) is 13.1. The monoisotopic (exact) mass is 370 g/mol. The molecular formula is C15H32IP. The van der Waals surface area contributed by atoms with Gasteiger partial charge >= 0.3 is 123 Å². The molecule has 0 rings (SSSR count). The van der Waals surface area contributed by atoms with Gasteiger partial charge in [-0.25, -0.2) is 0 Å². The van der Waals surface area contributed by atoms with E-state index in [9.17, 15) is 0 Å². The fourth-order valence-electron chi connectivity index (χ4n) is 2.59. The van der Waals surface area contributed by atoms with Crippen molar-refractivity contribution in [2.24, 2.45) is 0 Å². The average Bonchev–Trinajstić information content (AvgIpc) is 2.33. The summed E-state index contributed by atoms with van der Waals surface area (Å²) in [6, 6.07) is 0. The molecule has 0 aromatic rings. The minimum atomic E-state index is -1.49. The summed E-state index contributed by atoms with van der Waals surface area (Å²) in [5.74, 6) is 0. The number of unbranched alkanes of at least 4 members (excludes halogenated alkanes) is 3. The van der Waals surface area contributed by atoms with Gasteiger partial charge in [0.25, 0.3) is 0 Å². The van der Waals surface area contributed by atoms with Crippen LogP contribution in [-0.4, -0.2) is 24.6 Å². The van der Waals surface area contributed by atoms with Gasteiger partial charge in [0, 0.05) is 0 Å². The van der Waals surface area contributed by atoms with E-state index in [-0.39, 0.29) is 0 Å². The summed E-state index contributed by atoms with van der Waals surface area (Å²) >= 11 is 2.94. The van der Waals surface area contributed by atoms with Crippen LogP contribution < -0.4 is 0 Å². The van der Waals surface area contributed by atoms with Crippen molar-refractivity contribution < 1.29 is 0 Å². The van der Waals surface area contributed by atoms with Crippen LogP contribution in [0.1, 0.15) is 59.3 Å². The molecule has 0 nitrogen and oxygen atoms in total. The van der Waals surface area contributed by atoms with Crippen molar-refractivity contribution in [2.45, 2.75) is 59.3 Å². The van der Waals surface area contributed by atoms with Crippen LogP contribution in [0.2, 0.25) is 0 Å². The molecule has 17 heavy (non-hydrogen) atoms. The first-order valence-electron chi connectivity index (χ1n) is 7.37. The number of rotatable bonds is 11. The zero-order valence-electron chi connectivity index (χ0n) is 12.2. The third-order valence-corrected chi connectivity index (χ3v) is 14.8. The molecule has 0 atom stereocenters. The van der Waals surface area contributed by atoms with Crippen LogP contribution in [0.3, 0.4) is 0 Å². The fourth-order valence-corrected chi connectivity index (χ4v) is 11.7. The molecule has 0 saturated carbocycles. The van der Waals surface area contributed by atoms with Gasteiger partial charge in [0.1, 0.15) is 0 Å². The van der Waals surface area contributed by atoms with Gasteiger partial charge in [0.05, 0.1) is 0 Å². The van der Waals surface area contributed by atoms with Crippen molar-refractivity contribution in [1.29, 1.82) is 0 Å². The minimum absolute atomic E-state index is 1.31. The fraction of sp³-hybridized carbons (Fsp3) is 0.867. The summed E-state index contributed by atoms with van der Waals surface area (Å²) in [6.07, 6.45) is 16.3. The Balaban J connectivity index is 4.82. The van der Waals surface area contributed by atoms with E-state index in [1.54, 1.807) is 0 Å². The summed E-state index contributed by atoms with van der Waals surface area (Å²) < 4.78 is -1.49. The maximum atomic E-state index is 4.04. The summed E-state index contributed by atoms with van der Waals surface area (Å²) in [6.45, 7) is 11.0. The number of hydrogen-bond donors (Lipinski definition) is 0. The van der Waals surface area contributed by atoms with Gasteiger partial charge in [-0.15, -0.1) is 0 Å². The average molecular weight is 370 g/mol. The second kappa shape index (κ2) is 8.91. The van der Waals surface area contributed by atoms with Crippen molar-refractivity contribution in [2.75, 3.05) is 24.6 Å². The summed E-state index contributed by atoms with van der Waals surface area (Å²) in [4.78, 5) is 0. The van der Waals surface area contributed by atoms with E-state index in [1.165, 1.54) is 63.2 Å². The van der Waals surface area contributed by atoms with Gasteiger partial charge in [0.15, 0.2) is 0 Å². The Kier molecular flexibility index (Phi) is 9.38. The van der Waals surface area contributed by atoms with E-state index in [0.717, 1.165) is 0 Å². The van der Waals surface area contributed by atoms with Crippen molar-refractivity contribution in [3.05, 3.63) is 12.7 Å². The van der Waals surface area contributed by atoms with Gasteiger partial charge in [-0.3, -0.25) is 0 Å². The molecule has 104 valence electrons. The summed E-state index contributed by atoms with van der Waals surface area (Å²) in [5.41, 5.74) is 0. The van der Waals surface area contributed by atoms with Crippen molar-refractivity contribution >= 4 is 26.3 Å². The van der Waals surface area contributed by atoms with Crippen LogP contribution in [0.5, 0.6) is 0 Å². The van der Waals surface area contributed by atoms with Gasteiger partial charge in [0.2, 0.25) is 0 Å². The van der Waals surface area contributed by atoms with E-state index >= 15 is 0 Å². The molecule has 0 aliphatic carbocycles. The Bertz CT molecular complexity index is 188. The Morgan fingerprint density at radius 1 is 0.882 bits per heavy atom. The van der Waals surface area contributed by atoms with Crippen LogP contribution >= 0.6 is 26.3 Å². The predicted molar refractivity (Wildman–Crippen MR) is 95.3 cm³/mol. The standard InChI is InChI=1S/C15H32IP/c1-5-9-13-17(16,12-8-4,14-10-6-2)15-11-7-3/h8H,4-7,9-15H2,1-3H3. The Hall–Kier alpha value is 0.900.